The lowest BCUT2D eigenvalue weighted by Crippen LogP contribution is -2.48. The van der Waals surface area contributed by atoms with Crippen molar-refractivity contribution in [3.63, 3.8) is 0 Å². The average Bonchev–Trinajstić information content (AvgIpc) is 2.83. The van der Waals surface area contributed by atoms with E-state index in [1.807, 2.05) is 37.3 Å². The summed E-state index contributed by atoms with van der Waals surface area (Å²) in [5.74, 6) is -1.61. The van der Waals surface area contributed by atoms with Gasteiger partial charge in [-0.25, -0.2) is 21.9 Å². The fraction of sp³-hybridized carbons (Fsp3) is 0.269. The molecular formula is C26H27F2N3O3S. The minimum atomic E-state index is -4.22. The molecule has 3 N–H and O–H groups in total. The van der Waals surface area contributed by atoms with Crippen LogP contribution in [0.2, 0.25) is 0 Å². The van der Waals surface area contributed by atoms with Gasteiger partial charge in [0.2, 0.25) is 10.0 Å². The highest BCUT2D eigenvalue weighted by Gasteiger charge is 2.28. The summed E-state index contributed by atoms with van der Waals surface area (Å²) < 4.78 is 56.1. The molecule has 0 saturated carbocycles. The van der Waals surface area contributed by atoms with Crippen LogP contribution in [0.15, 0.2) is 71.6 Å². The Hall–Kier alpha value is -3.16. The van der Waals surface area contributed by atoms with E-state index >= 15 is 0 Å². The summed E-state index contributed by atoms with van der Waals surface area (Å²) in [5.41, 5.74) is 2.29. The maximum absolute atomic E-state index is 13.7. The van der Waals surface area contributed by atoms with Crippen LogP contribution >= 0.6 is 0 Å². The number of hydrogen-bond donors (Lipinski definition) is 3. The SMILES string of the molecule is CCc1cccc(CNC[C@@H](O)C(Cc2cc(F)cc(F)c2)NS(=O)(=O)c2ccccc2C#N)c1. The van der Waals surface area contributed by atoms with Gasteiger partial charge in [0, 0.05) is 19.2 Å². The van der Waals surface area contributed by atoms with Gasteiger partial charge in [-0.3, -0.25) is 0 Å². The van der Waals surface area contributed by atoms with Crippen LogP contribution in [0.4, 0.5) is 8.78 Å². The lowest BCUT2D eigenvalue weighted by Gasteiger charge is -2.25. The lowest BCUT2D eigenvalue weighted by atomic mass is 10.0. The van der Waals surface area contributed by atoms with Crippen molar-refractivity contribution in [2.45, 2.75) is 43.4 Å². The summed E-state index contributed by atoms with van der Waals surface area (Å²) in [6, 6.07) is 17.2. The van der Waals surface area contributed by atoms with Gasteiger partial charge in [0.15, 0.2) is 0 Å². The number of sulfonamides is 1. The summed E-state index contributed by atoms with van der Waals surface area (Å²) in [6.45, 7) is 2.50. The first-order chi connectivity index (χ1) is 16.7. The molecule has 0 radical (unpaired) electrons. The number of aliphatic hydroxyl groups is 1. The zero-order chi connectivity index (χ0) is 25.4. The Balaban J connectivity index is 1.80. The van der Waals surface area contributed by atoms with Crippen molar-refractivity contribution >= 4 is 10.0 Å². The maximum Gasteiger partial charge on any atom is 0.242 e. The highest BCUT2D eigenvalue weighted by Crippen LogP contribution is 2.18. The quantitative estimate of drug-likeness (QED) is 0.375. The Kier molecular flexibility index (Phi) is 9.07. The van der Waals surface area contributed by atoms with Gasteiger partial charge in [-0.2, -0.15) is 5.26 Å². The van der Waals surface area contributed by atoms with E-state index in [0.29, 0.717) is 12.6 Å². The summed E-state index contributed by atoms with van der Waals surface area (Å²) >= 11 is 0. The third-order valence-electron chi connectivity index (χ3n) is 5.53. The van der Waals surface area contributed by atoms with Crippen LogP contribution in [0.25, 0.3) is 0 Å². The van der Waals surface area contributed by atoms with Crippen molar-refractivity contribution in [3.05, 3.63) is 101 Å². The summed E-state index contributed by atoms with van der Waals surface area (Å²) in [7, 11) is -4.22. The molecule has 0 aliphatic carbocycles. The van der Waals surface area contributed by atoms with Crippen LogP contribution in [0.1, 0.15) is 29.2 Å². The second kappa shape index (κ2) is 12.0. The highest BCUT2D eigenvalue weighted by atomic mass is 32.2. The van der Waals surface area contributed by atoms with E-state index in [9.17, 15) is 27.6 Å². The molecule has 2 atom stereocenters. The number of nitrogens with one attached hydrogen (secondary N) is 2. The fourth-order valence-corrected chi connectivity index (χ4v) is 5.19. The average molecular weight is 500 g/mol. The molecule has 0 spiro atoms. The molecule has 0 heterocycles. The van der Waals surface area contributed by atoms with Crippen LogP contribution in [0, 0.1) is 23.0 Å². The molecule has 0 bridgehead atoms. The van der Waals surface area contributed by atoms with Crippen molar-refractivity contribution in [1.82, 2.24) is 10.0 Å². The molecule has 0 aliphatic rings. The van der Waals surface area contributed by atoms with E-state index in [4.69, 9.17) is 0 Å². The zero-order valence-electron chi connectivity index (χ0n) is 19.2. The predicted molar refractivity (Wildman–Crippen MR) is 129 cm³/mol. The monoisotopic (exact) mass is 499 g/mol. The third-order valence-corrected chi connectivity index (χ3v) is 7.08. The normalized spacial score (nSPS) is 13.2. The molecule has 0 aliphatic heterocycles. The molecule has 0 amide bonds. The maximum atomic E-state index is 13.7. The van der Waals surface area contributed by atoms with Crippen molar-refractivity contribution in [2.24, 2.45) is 0 Å². The van der Waals surface area contributed by atoms with E-state index in [-0.39, 0.29) is 29.0 Å². The standard InChI is InChI=1S/C26H27F2N3O3S/c1-2-18-6-5-7-19(10-18)16-30-17-25(32)24(13-20-11-22(27)14-23(28)12-20)31-35(33,34)26-9-4-3-8-21(26)15-29/h3-12,14,24-25,30-32H,2,13,16-17H2,1H3/t24?,25-/m1/s1. The Labute approximate surface area is 204 Å². The van der Waals surface area contributed by atoms with Gasteiger partial charge in [0.05, 0.1) is 22.6 Å². The molecule has 3 aromatic carbocycles. The van der Waals surface area contributed by atoms with Crippen LogP contribution in [-0.4, -0.2) is 32.2 Å². The fourth-order valence-electron chi connectivity index (χ4n) is 3.76. The number of halogens is 2. The molecular weight excluding hydrogens is 472 g/mol. The van der Waals surface area contributed by atoms with Gasteiger partial charge in [-0.1, -0.05) is 43.3 Å². The molecule has 0 saturated heterocycles. The summed E-state index contributed by atoms with van der Waals surface area (Å²) in [5, 5.41) is 23.3. The Morgan fingerprint density at radius 1 is 0.971 bits per heavy atom. The van der Waals surface area contributed by atoms with Crippen molar-refractivity contribution in [2.75, 3.05) is 6.54 Å². The van der Waals surface area contributed by atoms with Crippen molar-refractivity contribution in [1.29, 1.82) is 5.26 Å². The largest absolute Gasteiger partial charge is 0.390 e. The summed E-state index contributed by atoms with van der Waals surface area (Å²) in [4.78, 5) is -0.241. The molecule has 3 aromatic rings. The number of benzene rings is 3. The summed E-state index contributed by atoms with van der Waals surface area (Å²) in [6.07, 6.45) is -0.523. The molecule has 35 heavy (non-hydrogen) atoms. The van der Waals surface area contributed by atoms with E-state index in [1.165, 1.54) is 29.8 Å². The number of rotatable bonds is 11. The van der Waals surface area contributed by atoms with E-state index in [1.54, 1.807) is 0 Å². The van der Waals surface area contributed by atoms with Crippen molar-refractivity contribution < 1.29 is 22.3 Å². The van der Waals surface area contributed by atoms with Gasteiger partial charge in [0.1, 0.15) is 17.7 Å². The first-order valence-corrected chi connectivity index (χ1v) is 12.6. The number of nitriles is 1. The van der Waals surface area contributed by atoms with Crippen molar-refractivity contribution in [3.8, 4) is 6.07 Å². The van der Waals surface area contributed by atoms with Crippen LogP contribution < -0.4 is 10.0 Å². The molecule has 9 heteroatoms. The first-order valence-electron chi connectivity index (χ1n) is 11.1. The Morgan fingerprint density at radius 2 is 1.66 bits per heavy atom. The zero-order valence-corrected chi connectivity index (χ0v) is 20.0. The lowest BCUT2D eigenvalue weighted by molar-refractivity contribution is 0.134. The Bertz CT molecular complexity index is 1290. The molecule has 0 aromatic heterocycles. The molecule has 0 fully saturated rings. The van der Waals surface area contributed by atoms with Gasteiger partial charge < -0.3 is 10.4 Å². The second-order valence-electron chi connectivity index (χ2n) is 8.19. The number of nitrogens with zero attached hydrogens (tertiary/aromatic N) is 1. The van der Waals surface area contributed by atoms with Gasteiger partial charge in [-0.15, -0.1) is 0 Å². The minimum absolute atomic E-state index is 0.0151. The van der Waals surface area contributed by atoms with Crippen LogP contribution in [0.3, 0.4) is 0 Å². The Morgan fingerprint density at radius 3 is 2.34 bits per heavy atom. The van der Waals surface area contributed by atoms with Crippen LogP contribution in [-0.2, 0) is 29.4 Å². The van der Waals surface area contributed by atoms with Crippen LogP contribution in [0.5, 0.6) is 0 Å². The van der Waals surface area contributed by atoms with Gasteiger partial charge in [0.25, 0.3) is 0 Å². The molecule has 6 nitrogen and oxygen atoms in total. The second-order valence-corrected chi connectivity index (χ2v) is 9.87. The molecule has 184 valence electrons. The highest BCUT2D eigenvalue weighted by molar-refractivity contribution is 7.89. The molecule has 1 unspecified atom stereocenters. The third kappa shape index (κ3) is 7.41. The smallest absolute Gasteiger partial charge is 0.242 e. The van der Waals surface area contributed by atoms with E-state index < -0.39 is 33.8 Å². The van der Waals surface area contributed by atoms with Gasteiger partial charge in [-0.05, 0) is 53.8 Å². The minimum Gasteiger partial charge on any atom is -0.390 e. The number of aliphatic hydroxyl groups excluding tert-OH is 1. The predicted octanol–water partition coefficient (Wildman–Crippen LogP) is 3.44. The number of hydrogen-bond acceptors (Lipinski definition) is 5. The van der Waals surface area contributed by atoms with Gasteiger partial charge >= 0.3 is 0 Å². The molecule has 3 rings (SSSR count). The first kappa shape index (κ1) is 26.4. The number of aryl methyl sites for hydroxylation is 1. The van der Waals surface area contributed by atoms with E-state index in [2.05, 4.69) is 10.0 Å². The van der Waals surface area contributed by atoms with E-state index in [0.717, 1.165) is 24.1 Å². The topological polar surface area (TPSA) is 102 Å².